The van der Waals surface area contributed by atoms with Gasteiger partial charge in [0.25, 0.3) is 0 Å². The molecule has 2 amide bonds. The number of benzene rings is 1. The van der Waals surface area contributed by atoms with E-state index in [1.165, 1.54) is 7.11 Å². The molecule has 4 rings (SSSR count). The number of aromatic nitrogens is 2. The monoisotopic (exact) mass is 643 g/mol. The fraction of sp³-hybridized carbons (Fsp3) is 0.562. The third kappa shape index (κ3) is 9.79. The minimum atomic E-state index is -4.75. The summed E-state index contributed by atoms with van der Waals surface area (Å²) < 4.78 is 46.3. The highest BCUT2D eigenvalue weighted by Gasteiger charge is 2.39. The van der Waals surface area contributed by atoms with Crippen LogP contribution in [0, 0.1) is 17.2 Å². The summed E-state index contributed by atoms with van der Waals surface area (Å²) in [7, 11) is 1.29. The van der Waals surface area contributed by atoms with Crippen LogP contribution in [0.4, 0.5) is 24.8 Å². The number of nitrogens with one attached hydrogen (secondary N) is 2. The van der Waals surface area contributed by atoms with Crippen molar-refractivity contribution in [2.75, 3.05) is 49.6 Å². The molecule has 2 aromatic rings. The van der Waals surface area contributed by atoms with Gasteiger partial charge in [-0.3, -0.25) is 14.4 Å². The van der Waals surface area contributed by atoms with E-state index >= 15 is 0 Å². The van der Waals surface area contributed by atoms with Gasteiger partial charge < -0.3 is 25.2 Å². The van der Waals surface area contributed by atoms with Crippen molar-refractivity contribution in [3.8, 4) is 6.07 Å². The minimum absolute atomic E-state index is 0.0856. The van der Waals surface area contributed by atoms with Crippen LogP contribution in [0.1, 0.15) is 68.3 Å². The SMILES string of the molecule is COC(=O)CCNC(=O)CCCC1CCN(c2cc(N3CCCC3C(=O)NCCc3ccc(C#N)cc3)nc(C(F)(F)F)n2)CC1. The Labute approximate surface area is 266 Å². The number of ether oxygens (including phenoxy) is 1. The highest BCUT2D eigenvalue weighted by molar-refractivity contribution is 5.85. The lowest BCUT2D eigenvalue weighted by Gasteiger charge is -2.34. The lowest BCUT2D eigenvalue weighted by molar-refractivity contribution is -0.145. The van der Waals surface area contributed by atoms with E-state index in [2.05, 4.69) is 31.4 Å². The molecule has 0 radical (unpaired) electrons. The van der Waals surface area contributed by atoms with Crippen LogP contribution >= 0.6 is 0 Å². The van der Waals surface area contributed by atoms with Crippen molar-refractivity contribution >= 4 is 29.4 Å². The molecule has 2 fully saturated rings. The Hall–Kier alpha value is -4.41. The second-order valence-electron chi connectivity index (χ2n) is 11.6. The van der Waals surface area contributed by atoms with Crippen molar-refractivity contribution in [1.29, 1.82) is 5.26 Å². The summed E-state index contributed by atoms with van der Waals surface area (Å²) in [6.45, 7) is 2.02. The third-order valence-electron chi connectivity index (χ3n) is 8.43. The standard InChI is InChI=1S/C32H40F3N7O4/c1-46-29(44)12-16-37-28(43)6-2-4-22-13-18-41(19-14-22)26-20-27(40-31(39-26)32(33,34)35)42-17-3-5-25(42)30(45)38-15-11-23-7-9-24(21-36)10-8-23/h7-10,20,22,25H,2-6,11-19H2,1H3,(H,37,43)(H,38,45). The molecule has 248 valence electrons. The number of piperidine rings is 1. The molecule has 1 aromatic carbocycles. The molecule has 2 N–H and O–H groups in total. The molecule has 11 nitrogen and oxygen atoms in total. The average Bonchev–Trinajstić information content (AvgIpc) is 3.55. The van der Waals surface area contributed by atoms with E-state index in [0.29, 0.717) is 69.8 Å². The number of rotatable bonds is 13. The number of nitrogens with zero attached hydrogens (tertiary/aromatic N) is 5. The molecule has 0 spiro atoms. The number of anilines is 2. The number of alkyl halides is 3. The number of carbonyl (C=O) groups excluding carboxylic acids is 3. The van der Waals surface area contributed by atoms with Crippen molar-refractivity contribution < 1.29 is 32.3 Å². The Bertz CT molecular complexity index is 1390. The summed E-state index contributed by atoms with van der Waals surface area (Å²) in [5.41, 5.74) is 1.51. The second kappa shape index (κ2) is 16.2. The Morgan fingerprint density at radius 3 is 2.39 bits per heavy atom. The van der Waals surface area contributed by atoms with Crippen molar-refractivity contribution in [2.24, 2.45) is 5.92 Å². The van der Waals surface area contributed by atoms with Gasteiger partial charge in [-0.1, -0.05) is 12.1 Å². The van der Waals surface area contributed by atoms with Gasteiger partial charge in [0.1, 0.15) is 17.7 Å². The van der Waals surface area contributed by atoms with E-state index in [1.807, 2.05) is 17.0 Å². The molecule has 14 heteroatoms. The third-order valence-corrected chi connectivity index (χ3v) is 8.43. The molecule has 2 saturated heterocycles. The van der Waals surface area contributed by atoms with Crippen LogP contribution in [0.25, 0.3) is 0 Å². The molecule has 1 unspecified atom stereocenters. The first kappa shape index (κ1) is 34.5. The van der Waals surface area contributed by atoms with Gasteiger partial charge >= 0.3 is 12.1 Å². The van der Waals surface area contributed by atoms with Gasteiger partial charge in [-0.2, -0.15) is 18.4 Å². The molecule has 0 aliphatic carbocycles. The van der Waals surface area contributed by atoms with Crippen LogP contribution in [0.3, 0.4) is 0 Å². The molecule has 1 aromatic heterocycles. The lowest BCUT2D eigenvalue weighted by Crippen LogP contribution is -2.44. The summed E-state index contributed by atoms with van der Waals surface area (Å²) in [5, 5.41) is 14.6. The van der Waals surface area contributed by atoms with Gasteiger partial charge in [0.05, 0.1) is 25.2 Å². The first-order valence-corrected chi connectivity index (χ1v) is 15.7. The quantitative estimate of drug-likeness (QED) is 0.312. The van der Waals surface area contributed by atoms with E-state index in [1.54, 1.807) is 23.1 Å². The molecule has 2 aliphatic heterocycles. The zero-order valence-corrected chi connectivity index (χ0v) is 25.9. The second-order valence-corrected chi connectivity index (χ2v) is 11.6. The number of methoxy groups -OCH3 is 1. The Kier molecular flexibility index (Phi) is 12.2. The summed E-state index contributed by atoms with van der Waals surface area (Å²) in [5.74, 6) is -1.41. The van der Waals surface area contributed by atoms with E-state index in [0.717, 1.165) is 24.8 Å². The Morgan fingerprint density at radius 2 is 1.72 bits per heavy atom. The summed E-state index contributed by atoms with van der Waals surface area (Å²) in [6.07, 6.45) is 0.394. The van der Waals surface area contributed by atoms with Gasteiger partial charge in [0.15, 0.2) is 0 Å². The van der Waals surface area contributed by atoms with Crippen molar-refractivity contribution in [1.82, 2.24) is 20.6 Å². The van der Waals surface area contributed by atoms with Crippen LogP contribution < -0.4 is 20.4 Å². The number of hydrogen-bond acceptors (Lipinski definition) is 9. The highest BCUT2D eigenvalue weighted by atomic mass is 19.4. The molecule has 1 atom stereocenters. The van der Waals surface area contributed by atoms with Crippen molar-refractivity contribution in [3.63, 3.8) is 0 Å². The van der Waals surface area contributed by atoms with Crippen LogP contribution in [0.5, 0.6) is 0 Å². The predicted octanol–water partition coefficient (Wildman–Crippen LogP) is 3.76. The normalized spacial score (nSPS) is 17.0. The minimum Gasteiger partial charge on any atom is -0.469 e. The maximum absolute atomic E-state index is 13.9. The summed E-state index contributed by atoms with van der Waals surface area (Å²) in [6, 6.07) is 10.0. The fourth-order valence-corrected chi connectivity index (χ4v) is 5.86. The first-order chi connectivity index (χ1) is 22.1. The number of esters is 1. The predicted molar refractivity (Wildman–Crippen MR) is 164 cm³/mol. The average molecular weight is 644 g/mol. The van der Waals surface area contributed by atoms with Gasteiger partial charge in [-0.25, -0.2) is 9.97 Å². The molecular formula is C32H40F3N7O4. The smallest absolute Gasteiger partial charge is 0.451 e. The van der Waals surface area contributed by atoms with E-state index in [4.69, 9.17) is 5.26 Å². The number of hydrogen-bond donors (Lipinski definition) is 2. The topological polar surface area (TPSA) is 141 Å². The van der Waals surface area contributed by atoms with Crippen molar-refractivity contribution in [2.45, 2.75) is 70.0 Å². The van der Waals surface area contributed by atoms with Gasteiger partial charge in [-0.15, -0.1) is 0 Å². The van der Waals surface area contributed by atoms with Gasteiger partial charge in [0, 0.05) is 45.2 Å². The zero-order valence-electron chi connectivity index (χ0n) is 25.9. The number of carbonyl (C=O) groups is 3. The van der Waals surface area contributed by atoms with E-state index in [9.17, 15) is 27.6 Å². The number of amides is 2. The van der Waals surface area contributed by atoms with E-state index < -0.39 is 18.0 Å². The molecule has 46 heavy (non-hydrogen) atoms. The molecule has 3 heterocycles. The van der Waals surface area contributed by atoms with Crippen LogP contribution in [0.2, 0.25) is 0 Å². The maximum Gasteiger partial charge on any atom is 0.451 e. The zero-order chi connectivity index (χ0) is 33.1. The largest absolute Gasteiger partial charge is 0.469 e. The number of nitriles is 1. The number of halogens is 3. The fourth-order valence-electron chi connectivity index (χ4n) is 5.86. The van der Waals surface area contributed by atoms with Crippen LogP contribution in [-0.4, -0.2) is 73.6 Å². The lowest BCUT2D eigenvalue weighted by atomic mass is 9.91. The van der Waals surface area contributed by atoms with Crippen LogP contribution in [-0.2, 0) is 31.7 Å². The summed E-state index contributed by atoms with van der Waals surface area (Å²) in [4.78, 5) is 47.5. The van der Waals surface area contributed by atoms with Gasteiger partial charge in [0.2, 0.25) is 17.6 Å². The Morgan fingerprint density at radius 1 is 1.00 bits per heavy atom. The molecule has 0 saturated carbocycles. The van der Waals surface area contributed by atoms with E-state index in [-0.39, 0.29) is 42.4 Å². The van der Waals surface area contributed by atoms with Crippen LogP contribution in [0.15, 0.2) is 30.3 Å². The molecular weight excluding hydrogens is 603 g/mol. The summed E-state index contributed by atoms with van der Waals surface area (Å²) >= 11 is 0. The van der Waals surface area contributed by atoms with Crippen molar-refractivity contribution in [3.05, 3.63) is 47.3 Å². The highest BCUT2D eigenvalue weighted by Crippen LogP contribution is 2.34. The molecule has 0 bridgehead atoms. The first-order valence-electron chi connectivity index (χ1n) is 15.7. The van der Waals surface area contributed by atoms with Gasteiger partial charge in [-0.05, 0) is 68.6 Å². The molecule has 2 aliphatic rings. The Balaban J connectivity index is 1.32. The maximum atomic E-state index is 13.9.